The number of hydrazine groups is 1. The highest BCUT2D eigenvalue weighted by Crippen LogP contribution is 2.35. The SMILES string of the molecule is CCOc1cc(C(C(=O)NCc2cc(C(N)=O)cc(C(N)=O)c2)N(N)c2ccc3cnccc3c2)ccc1OC(C)C.O=C(O)C(F)(F)F. The molecule has 0 aliphatic carbocycles. The van der Waals surface area contributed by atoms with Crippen molar-refractivity contribution in [1.82, 2.24) is 10.3 Å². The summed E-state index contributed by atoms with van der Waals surface area (Å²) >= 11 is 0. The average Bonchev–Trinajstić information content (AvgIpc) is 3.04. The zero-order valence-corrected chi connectivity index (χ0v) is 26.7. The van der Waals surface area contributed by atoms with Gasteiger partial charge in [0, 0.05) is 35.5 Å². The third-order valence-electron chi connectivity index (χ3n) is 6.67. The first-order valence-corrected chi connectivity index (χ1v) is 14.6. The minimum atomic E-state index is -5.08. The van der Waals surface area contributed by atoms with E-state index in [0.717, 1.165) is 10.8 Å². The van der Waals surface area contributed by atoms with Gasteiger partial charge < -0.3 is 31.4 Å². The van der Waals surface area contributed by atoms with Crippen LogP contribution in [-0.2, 0) is 16.1 Å². The molecule has 260 valence electrons. The maximum Gasteiger partial charge on any atom is 0.490 e. The Kier molecular flexibility index (Phi) is 12.5. The molecule has 16 heteroatoms. The topological polar surface area (TPSA) is 213 Å². The molecule has 49 heavy (non-hydrogen) atoms. The lowest BCUT2D eigenvalue weighted by Crippen LogP contribution is -2.44. The second kappa shape index (κ2) is 16.3. The van der Waals surface area contributed by atoms with Crippen LogP contribution >= 0.6 is 0 Å². The summed E-state index contributed by atoms with van der Waals surface area (Å²) in [5.74, 6) is 3.02. The first kappa shape index (κ1) is 37.6. The molecule has 4 rings (SSSR count). The number of halogens is 3. The first-order valence-electron chi connectivity index (χ1n) is 14.6. The summed E-state index contributed by atoms with van der Waals surface area (Å²) in [4.78, 5) is 50.5. The van der Waals surface area contributed by atoms with Gasteiger partial charge in [-0.2, -0.15) is 13.2 Å². The number of pyridine rings is 1. The Morgan fingerprint density at radius 1 is 0.918 bits per heavy atom. The number of carbonyl (C=O) groups is 4. The van der Waals surface area contributed by atoms with Crippen LogP contribution < -0.4 is 37.1 Å². The van der Waals surface area contributed by atoms with Crippen LogP contribution in [0.15, 0.2) is 73.1 Å². The van der Waals surface area contributed by atoms with Crippen LogP contribution in [0.2, 0.25) is 0 Å². The van der Waals surface area contributed by atoms with Crippen molar-refractivity contribution in [2.75, 3.05) is 11.6 Å². The maximum absolute atomic E-state index is 13.9. The highest BCUT2D eigenvalue weighted by Gasteiger charge is 2.38. The number of amides is 3. The average molecular weight is 685 g/mol. The summed E-state index contributed by atoms with van der Waals surface area (Å²) in [7, 11) is 0. The smallest absolute Gasteiger partial charge is 0.490 e. The highest BCUT2D eigenvalue weighted by molar-refractivity contribution is 5.99. The monoisotopic (exact) mass is 684 g/mol. The lowest BCUT2D eigenvalue weighted by molar-refractivity contribution is -0.192. The van der Waals surface area contributed by atoms with E-state index in [2.05, 4.69) is 10.3 Å². The van der Waals surface area contributed by atoms with Gasteiger partial charge in [-0.3, -0.25) is 24.4 Å². The van der Waals surface area contributed by atoms with Crippen LogP contribution in [0.3, 0.4) is 0 Å². The Labute approximate surface area is 278 Å². The van der Waals surface area contributed by atoms with Gasteiger partial charge in [-0.25, -0.2) is 10.6 Å². The second-order valence-electron chi connectivity index (χ2n) is 10.7. The van der Waals surface area contributed by atoms with Crippen LogP contribution in [0.1, 0.15) is 58.7 Å². The van der Waals surface area contributed by atoms with Crippen LogP contribution in [0, 0.1) is 0 Å². The molecule has 3 amide bonds. The summed E-state index contributed by atoms with van der Waals surface area (Å²) in [6.07, 6.45) is -1.75. The molecule has 0 saturated heterocycles. The number of hydrogen-bond donors (Lipinski definition) is 5. The molecule has 3 aromatic carbocycles. The largest absolute Gasteiger partial charge is 0.490 e. The number of ether oxygens (including phenoxy) is 2. The van der Waals surface area contributed by atoms with Crippen molar-refractivity contribution in [3.05, 3.63) is 95.3 Å². The van der Waals surface area contributed by atoms with Crippen molar-refractivity contribution in [1.29, 1.82) is 0 Å². The molecule has 13 nitrogen and oxygen atoms in total. The number of nitrogens with zero attached hydrogens (tertiary/aromatic N) is 2. The number of aromatic nitrogens is 1. The number of nitrogens with one attached hydrogen (secondary N) is 1. The molecule has 0 bridgehead atoms. The summed E-state index contributed by atoms with van der Waals surface area (Å²) in [5, 5.41) is 13.2. The summed E-state index contributed by atoms with van der Waals surface area (Å²) < 4.78 is 43.5. The molecular formula is C33H35F3N6O7. The quantitative estimate of drug-likeness (QED) is 0.107. The van der Waals surface area contributed by atoms with E-state index in [-0.39, 0.29) is 23.8 Å². The second-order valence-corrected chi connectivity index (χ2v) is 10.7. The lowest BCUT2D eigenvalue weighted by atomic mass is 10.0. The molecule has 0 radical (unpaired) electrons. The molecule has 1 atom stereocenters. The van der Waals surface area contributed by atoms with Gasteiger partial charge in [0.05, 0.1) is 18.4 Å². The summed E-state index contributed by atoms with van der Waals surface area (Å²) in [5.41, 5.74) is 12.6. The number of carboxylic acids is 1. The van der Waals surface area contributed by atoms with E-state index in [0.29, 0.717) is 34.9 Å². The van der Waals surface area contributed by atoms with Crippen molar-refractivity contribution >= 4 is 40.2 Å². The van der Waals surface area contributed by atoms with E-state index < -0.39 is 35.9 Å². The van der Waals surface area contributed by atoms with Crippen LogP contribution in [-0.4, -0.2) is 52.7 Å². The van der Waals surface area contributed by atoms with E-state index >= 15 is 0 Å². The normalized spacial score (nSPS) is 11.6. The number of anilines is 1. The van der Waals surface area contributed by atoms with Crippen molar-refractivity contribution in [2.45, 2.75) is 45.6 Å². The number of primary amides is 2. The van der Waals surface area contributed by atoms with Crippen molar-refractivity contribution in [3.63, 3.8) is 0 Å². The Morgan fingerprint density at radius 2 is 1.55 bits per heavy atom. The lowest BCUT2D eigenvalue weighted by Gasteiger charge is -2.29. The molecule has 4 aromatic rings. The van der Waals surface area contributed by atoms with Crippen molar-refractivity contribution < 1.29 is 46.9 Å². The first-order chi connectivity index (χ1) is 23.0. The van der Waals surface area contributed by atoms with E-state index in [1.807, 2.05) is 39.0 Å². The van der Waals surface area contributed by atoms with E-state index in [1.54, 1.807) is 36.7 Å². The predicted octanol–water partition coefficient (Wildman–Crippen LogP) is 3.99. The number of fused-ring (bicyclic) bond motifs is 1. The fourth-order valence-corrected chi connectivity index (χ4v) is 4.50. The minimum absolute atomic E-state index is 0.0270. The number of hydrogen-bond acceptors (Lipinski definition) is 9. The van der Waals surface area contributed by atoms with Gasteiger partial charge in [-0.1, -0.05) is 12.1 Å². The third-order valence-corrected chi connectivity index (χ3v) is 6.67. The van der Waals surface area contributed by atoms with Gasteiger partial charge in [0.2, 0.25) is 17.7 Å². The minimum Gasteiger partial charge on any atom is -0.490 e. The van der Waals surface area contributed by atoms with Gasteiger partial charge >= 0.3 is 12.1 Å². The van der Waals surface area contributed by atoms with Crippen LogP contribution in [0.5, 0.6) is 11.5 Å². The van der Waals surface area contributed by atoms with Gasteiger partial charge in [0.25, 0.3) is 0 Å². The van der Waals surface area contributed by atoms with E-state index in [1.165, 1.54) is 23.2 Å². The number of carbonyl (C=O) groups excluding carboxylic acids is 3. The molecule has 1 unspecified atom stereocenters. The van der Waals surface area contributed by atoms with Crippen LogP contribution in [0.25, 0.3) is 10.8 Å². The third kappa shape index (κ3) is 10.3. The molecule has 0 aliphatic rings. The number of nitrogens with two attached hydrogens (primary N) is 3. The number of carboxylic acid groups (broad SMARTS) is 1. The van der Waals surface area contributed by atoms with E-state index in [4.69, 9.17) is 36.7 Å². The Balaban J connectivity index is 0.000000838. The summed E-state index contributed by atoms with van der Waals surface area (Å²) in [6, 6.07) is 15.9. The molecular weight excluding hydrogens is 649 g/mol. The number of rotatable bonds is 12. The zero-order chi connectivity index (χ0) is 36.5. The molecule has 0 aliphatic heterocycles. The van der Waals surface area contributed by atoms with Gasteiger partial charge in [0.1, 0.15) is 6.04 Å². The maximum atomic E-state index is 13.9. The fraction of sp³-hybridized carbons (Fsp3) is 0.242. The summed E-state index contributed by atoms with van der Waals surface area (Å²) in [6.45, 7) is 6.04. The number of aliphatic carboxylic acids is 1. The van der Waals surface area contributed by atoms with Crippen molar-refractivity contribution in [2.24, 2.45) is 17.3 Å². The Morgan fingerprint density at radius 3 is 2.10 bits per heavy atom. The van der Waals surface area contributed by atoms with Gasteiger partial charge in [0.15, 0.2) is 11.5 Å². The van der Waals surface area contributed by atoms with Gasteiger partial charge in [-0.05, 0) is 85.8 Å². The van der Waals surface area contributed by atoms with Gasteiger partial charge in [-0.15, -0.1) is 0 Å². The molecule has 0 fully saturated rings. The molecule has 0 saturated carbocycles. The standard InChI is InChI=1S/C31H34N6O5.C2HF3O2/c1-4-41-27-15-21(6-8-26(27)42-18(2)3)28(37(34)25-7-5-22-17-35-10-9-20(22)14-25)31(40)36-16-19-11-23(29(32)38)13-24(12-19)30(33)39;3-2(4,5)1(6)7/h5-15,17-18,28H,4,16,34H2,1-3H3,(H2,32,38)(H2,33,39)(H,36,40);(H,6,7). The van der Waals surface area contributed by atoms with Crippen LogP contribution in [0.4, 0.5) is 18.9 Å². The highest BCUT2D eigenvalue weighted by atomic mass is 19.4. The molecule has 0 spiro atoms. The predicted molar refractivity (Wildman–Crippen MR) is 174 cm³/mol. The Bertz CT molecular complexity index is 1800. The fourth-order valence-electron chi connectivity index (χ4n) is 4.50. The Hall–Kier alpha value is -5.90. The molecule has 1 aromatic heterocycles. The zero-order valence-electron chi connectivity index (χ0n) is 26.7. The number of alkyl halides is 3. The molecule has 8 N–H and O–H groups in total. The molecule has 1 heterocycles. The van der Waals surface area contributed by atoms with Crippen molar-refractivity contribution in [3.8, 4) is 11.5 Å². The van der Waals surface area contributed by atoms with E-state index in [9.17, 15) is 27.6 Å². The number of benzene rings is 3.